The third-order valence-electron chi connectivity index (χ3n) is 3.16. The molecule has 0 bridgehead atoms. The summed E-state index contributed by atoms with van der Waals surface area (Å²) in [5, 5.41) is 0. The molecule has 1 aromatic heterocycles. The lowest BCUT2D eigenvalue weighted by molar-refractivity contribution is 0.412. The normalized spacial score (nSPS) is 10.8. The first-order valence-corrected chi connectivity index (χ1v) is 6.94. The van der Waals surface area contributed by atoms with E-state index in [1.807, 2.05) is 26.1 Å². The van der Waals surface area contributed by atoms with E-state index in [-0.39, 0.29) is 0 Å². The van der Waals surface area contributed by atoms with E-state index in [1.165, 1.54) is 0 Å². The molecule has 2 aromatic rings. The van der Waals surface area contributed by atoms with Gasteiger partial charge in [0.1, 0.15) is 11.6 Å². The van der Waals surface area contributed by atoms with Crippen LogP contribution in [0.5, 0.6) is 5.75 Å². The fourth-order valence-electron chi connectivity index (χ4n) is 2.26. The van der Waals surface area contributed by atoms with Crippen LogP contribution in [0.15, 0.2) is 22.7 Å². The van der Waals surface area contributed by atoms with Crippen molar-refractivity contribution in [3.8, 4) is 17.0 Å². The first kappa shape index (κ1) is 14.1. The number of aryl methyl sites for hydroxylation is 1. The molecule has 4 nitrogen and oxygen atoms in total. The number of hydrogen-bond donors (Lipinski definition) is 1. The van der Waals surface area contributed by atoms with Gasteiger partial charge in [0, 0.05) is 19.0 Å². The summed E-state index contributed by atoms with van der Waals surface area (Å²) in [6, 6.07) is 6.05. The van der Waals surface area contributed by atoms with Gasteiger partial charge in [-0.2, -0.15) is 0 Å². The van der Waals surface area contributed by atoms with Crippen LogP contribution in [0.25, 0.3) is 11.3 Å². The van der Waals surface area contributed by atoms with E-state index in [0.29, 0.717) is 6.54 Å². The number of methoxy groups -OCH3 is 1. The minimum absolute atomic E-state index is 0.607. The van der Waals surface area contributed by atoms with E-state index in [1.54, 1.807) is 7.11 Å². The molecule has 0 spiro atoms. The summed E-state index contributed by atoms with van der Waals surface area (Å²) in [6.45, 7) is 2.63. The molecular weight excluding hydrogens is 306 g/mol. The summed E-state index contributed by atoms with van der Waals surface area (Å²) in [4.78, 5) is 4.58. The van der Waals surface area contributed by atoms with E-state index in [2.05, 4.69) is 31.5 Å². The topological polar surface area (TPSA) is 53.1 Å². The number of hydrogen-bond acceptors (Lipinski definition) is 3. The zero-order chi connectivity index (χ0) is 14.0. The molecule has 0 aliphatic carbocycles. The summed E-state index contributed by atoms with van der Waals surface area (Å²) in [5.41, 5.74) is 8.86. The number of imidazole rings is 1. The van der Waals surface area contributed by atoms with E-state index >= 15 is 0 Å². The van der Waals surface area contributed by atoms with Crippen molar-refractivity contribution in [1.29, 1.82) is 0 Å². The van der Waals surface area contributed by atoms with Gasteiger partial charge >= 0.3 is 0 Å². The van der Waals surface area contributed by atoms with Crippen LogP contribution in [-0.4, -0.2) is 23.2 Å². The molecule has 1 heterocycles. The Morgan fingerprint density at radius 1 is 1.42 bits per heavy atom. The number of aromatic nitrogens is 2. The summed E-state index contributed by atoms with van der Waals surface area (Å²) in [6.07, 6.45) is 0.786. The Morgan fingerprint density at radius 3 is 2.74 bits per heavy atom. The van der Waals surface area contributed by atoms with Gasteiger partial charge in [0.2, 0.25) is 0 Å². The average Bonchev–Trinajstić information content (AvgIpc) is 2.65. The van der Waals surface area contributed by atoms with Gasteiger partial charge in [0.05, 0.1) is 23.0 Å². The second-order valence-corrected chi connectivity index (χ2v) is 5.26. The van der Waals surface area contributed by atoms with Crippen molar-refractivity contribution in [3.05, 3.63) is 34.2 Å². The fraction of sp³-hybridized carbons (Fsp3) is 0.357. The SMILES string of the molecule is COc1ccc(-c2c(C)nc(CCN)n2C)cc1Br. The van der Waals surface area contributed by atoms with Gasteiger partial charge in [-0.1, -0.05) is 0 Å². The summed E-state index contributed by atoms with van der Waals surface area (Å²) in [5.74, 6) is 1.84. The number of rotatable bonds is 4. The van der Waals surface area contributed by atoms with Crippen LogP contribution in [-0.2, 0) is 13.5 Å². The maximum atomic E-state index is 5.61. The zero-order valence-corrected chi connectivity index (χ0v) is 13.0. The molecule has 5 heteroatoms. The third kappa shape index (κ3) is 2.67. The lowest BCUT2D eigenvalue weighted by Gasteiger charge is -2.09. The van der Waals surface area contributed by atoms with Crippen molar-refractivity contribution in [2.24, 2.45) is 12.8 Å². The van der Waals surface area contributed by atoms with E-state index in [0.717, 1.165) is 39.4 Å². The lowest BCUT2D eigenvalue weighted by atomic mass is 10.1. The second-order valence-electron chi connectivity index (χ2n) is 4.41. The van der Waals surface area contributed by atoms with Crippen LogP contribution in [0.1, 0.15) is 11.5 Å². The van der Waals surface area contributed by atoms with E-state index < -0.39 is 0 Å². The molecule has 0 saturated carbocycles. The minimum atomic E-state index is 0.607. The Bertz CT molecular complexity index is 593. The lowest BCUT2D eigenvalue weighted by Crippen LogP contribution is -2.08. The smallest absolute Gasteiger partial charge is 0.133 e. The molecule has 102 valence electrons. The highest BCUT2D eigenvalue weighted by atomic mass is 79.9. The highest BCUT2D eigenvalue weighted by molar-refractivity contribution is 9.10. The average molecular weight is 324 g/mol. The zero-order valence-electron chi connectivity index (χ0n) is 11.4. The first-order valence-electron chi connectivity index (χ1n) is 6.14. The van der Waals surface area contributed by atoms with Gasteiger partial charge in [-0.3, -0.25) is 0 Å². The molecule has 0 atom stereocenters. The Morgan fingerprint density at radius 2 is 2.16 bits per heavy atom. The highest BCUT2D eigenvalue weighted by Gasteiger charge is 2.14. The van der Waals surface area contributed by atoms with Crippen LogP contribution in [0.2, 0.25) is 0 Å². The number of halogens is 1. The molecule has 2 N–H and O–H groups in total. The summed E-state index contributed by atoms with van der Waals surface area (Å²) in [7, 11) is 3.69. The maximum absolute atomic E-state index is 5.61. The van der Waals surface area contributed by atoms with Crippen LogP contribution in [0.4, 0.5) is 0 Å². The van der Waals surface area contributed by atoms with Crippen molar-refractivity contribution >= 4 is 15.9 Å². The van der Waals surface area contributed by atoms with Crippen molar-refractivity contribution in [1.82, 2.24) is 9.55 Å². The summed E-state index contributed by atoms with van der Waals surface area (Å²) >= 11 is 3.52. The number of nitrogens with two attached hydrogens (primary N) is 1. The number of benzene rings is 1. The Balaban J connectivity index is 2.49. The minimum Gasteiger partial charge on any atom is -0.496 e. The molecule has 0 radical (unpaired) electrons. The quantitative estimate of drug-likeness (QED) is 0.941. The monoisotopic (exact) mass is 323 g/mol. The van der Waals surface area contributed by atoms with Crippen molar-refractivity contribution < 1.29 is 4.74 Å². The molecule has 19 heavy (non-hydrogen) atoms. The van der Waals surface area contributed by atoms with Gasteiger partial charge in [0.25, 0.3) is 0 Å². The third-order valence-corrected chi connectivity index (χ3v) is 3.77. The second kappa shape index (κ2) is 5.75. The largest absolute Gasteiger partial charge is 0.496 e. The van der Waals surface area contributed by atoms with Gasteiger partial charge in [0.15, 0.2) is 0 Å². The first-order chi connectivity index (χ1) is 9.08. The van der Waals surface area contributed by atoms with Crippen LogP contribution < -0.4 is 10.5 Å². The highest BCUT2D eigenvalue weighted by Crippen LogP contribution is 2.32. The predicted molar refractivity (Wildman–Crippen MR) is 80.4 cm³/mol. The molecule has 0 aliphatic rings. The van der Waals surface area contributed by atoms with Gasteiger partial charge < -0.3 is 15.0 Å². The van der Waals surface area contributed by atoms with Crippen molar-refractivity contribution in [2.75, 3.05) is 13.7 Å². The number of nitrogens with zero attached hydrogens (tertiary/aromatic N) is 2. The fourth-order valence-corrected chi connectivity index (χ4v) is 2.80. The molecule has 1 aromatic carbocycles. The molecular formula is C14H18BrN3O. The summed E-state index contributed by atoms with van der Waals surface area (Å²) < 4.78 is 8.30. The van der Waals surface area contributed by atoms with Gasteiger partial charge in [-0.15, -0.1) is 0 Å². The van der Waals surface area contributed by atoms with Crippen LogP contribution in [0.3, 0.4) is 0 Å². The van der Waals surface area contributed by atoms with Gasteiger partial charge in [-0.25, -0.2) is 4.98 Å². The molecule has 0 amide bonds. The maximum Gasteiger partial charge on any atom is 0.133 e. The van der Waals surface area contributed by atoms with Crippen LogP contribution in [0, 0.1) is 6.92 Å². The van der Waals surface area contributed by atoms with Crippen LogP contribution >= 0.6 is 15.9 Å². The molecule has 0 aliphatic heterocycles. The molecule has 0 fully saturated rings. The van der Waals surface area contributed by atoms with E-state index in [4.69, 9.17) is 10.5 Å². The number of ether oxygens (including phenoxy) is 1. The van der Waals surface area contributed by atoms with Gasteiger partial charge in [-0.05, 0) is 47.6 Å². The molecule has 2 rings (SSSR count). The predicted octanol–water partition coefficient (Wildman–Crippen LogP) is 2.67. The Hall–Kier alpha value is -1.33. The molecule has 0 unspecified atom stereocenters. The van der Waals surface area contributed by atoms with Crippen molar-refractivity contribution in [3.63, 3.8) is 0 Å². The Kier molecular flexibility index (Phi) is 4.27. The molecule has 0 saturated heterocycles. The Labute approximate surface area is 121 Å². The van der Waals surface area contributed by atoms with E-state index in [9.17, 15) is 0 Å². The van der Waals surface area contributed by atoms with Crippen molar-refractivity contribution in [2.45, 2.75) is 13.3 Å². The standard InChI is InChI=1S/C14H18BrN3O/c1-9-14(18(2)13(17-9)6-7-16)10-4-5-12(19-3)11(15)8-10/h4-5,8H,6-7,16H2,1-3H3.